The van der Waals surface area contributed by atoms with Crippen LogP contribution in [0.5, 0.6) is 0 Å². The lowest BCUT2D eigenvalue weighted by Crippen LogP contribution is -2.18. The van der Waals surface area contributed by atoms with Gasteiger partial charge in [0.25, 0.3) is 0 Å². The molecule has 2 aromatic carbocycles. The SMILES string of the molecule is N=C/C=C(\Nc1ccccc1)c1nn(-c2cccc(C(F)(F)F)c2)ccc1=O. The Kier molecular flexibility index (Phi) is 5.39. The van der Waals surface area contributed by atoms with Gasteiger partial charge in [-0.25, -0.2) is 4.68 Å². The largest absolute Gasteiger partial charge is 0.416 e. The number of para-hydroxylation sites is 1. The molecule has 3 aromatic rings. The van der Waals surface area contributed by atoms with Gasteiger partial charge in [-0.05, 0) is 36.4 Å². The number of aromatic nitrogens is 2. The Morgan fingerprint density at radius 1 is 1.07 bits per heavy atom. The number of allylic oxidation sites excluding steroid dienone is 1. The smallest absolute Gasteiger partial charge is 0.354 e. The van der Waals surface area contributed by atoms with E-state index in [9.17, 15) is 18.0 Å². The summed E-state index contributed by atoms with van der Waals surface area (Å²) in [7, 11) is 0. The first-order valence-corrected chi connectivity index (χ1v) is 8.19. The van der Waals surface area contributed by atoms with Crippen molar-refractivity contribution >= 4 is 17.6 Å². The summed E-state index contributed by atoms with van der Waals surface area (Å²) in [6.45, 7) is 0. The number of rotatable bonds is 5. The summed E-state index contributed by atoms with van der Waals surface area (Å²) >= 11 is 0. The number of hydrogen-bond acceptors (Lipinski definition) is 4. The van der Waals surface area contributed by atoms with Crippen molar-refractivity contribution in [3.8, 4) is 5.69 Å². The summed E-state index contributed by atoms with van der Waals surface area (Å²) in [5.41, 5.74) is -0.180. The van der Waals surface area contributed by atoms with Crippen LogP contribution in [-0.2, 0) is 6.18 Å². The number of nitrogens with zero attached hydrogens (tertiary/aromatic N) is 2. The second-order valence-electron chi connectivity index (χ2n) is 5.76. The Hall–Kier alpha value is -3.68. The third-order valence-electron chi connectivity index (χ3n) is 3.80. The van der Waals surface area contributed by atoms with Gasteiger partial charge in [-0.1, -0.05) is 24.3 Å². The van der Waals surface area contributed by atoms with Crippen LogP contribution < -0.4 is 10.7 Å². The van der Waals surface area contributed by atoms with Gasteiger partial charge in [-0.3, -0.25) is 4.79 Å². The molecule has 0 atom stereocenters. The second kappa shape index (κ2) is 7.91. The first-order chi connectivity index (χ1) is 13.4. The zero-order chi connectivity index (χ0) is 20.1. The van der Waals surface area contributed by atoms with Gasteiger partial charge >= 0.3 is 6.18 Å². The van der Waals surface area contributed by atoms with Gasteiger partial charge in [0, 0.05) is 24.2 Å². The third-order valence-corrected chi connectivity index (χ3v) is 3.80. The third kappa shape index (κ3) is 4.35. The van der Waals surface area contributed by atoms with Crippen LogP contribution in [0, 0.1) is 5.41 Å². The molecule has 0 spiro atoms. The van der Waals surface area contributed by atoms with Crippen LogP contribution in [0.15, 0.2) is 77.7 Å². The fraction of sp³-hybridized carbons (Fsp3) is 0.0500. The van der Waals surface area contributed by atoms with E-state index in [1.807, 2.05) is 6.07 Å². The molecule has 0 radical (unpaired) electrons. The van der Waals surface area contributed by atoms with Crippen LogP contribution in [0.25, 0.3) is 11.4 Å². The Labute approximate surface area is 158 Å². The molecule has 8 heteroatoms. The zero-order valence-electron chi connectivity index (χ0n) is 14.4. The maximum absolute atomic E-state index is 13.0. The fourth-order valence-electron chi connectivity index (χ4n) is 2.50. The summed E-state index contributed by atoms with van der Waals surface area (Å²) in [5.74, 6) is 0. The molecule has 0 fully saturated rings. The number of hydrogen-bond donors (Lipinski definition) is 2. The Morgan fingerprint density at radius 2 is 1.82 bits per heavy atom. The van der Waals surface area contributed by atoms with E-state index in [-0.39, 0.29) is 17.1 Å². The first kappa shape index (κ1) is 19.1. The van der Waals surface area contributed by atoms with Gasteiger partial charge in [-0.15, -0.1) is 0 Å². The van der Waals surface area contributed by atoms with E-state index in [0.29, 0.717) is 5.69 Å². The Bertz CT molecular complexity index is 1070. The quantitative estimate of drug-likeness (QED) is 0.643. The molecule has 0 saturated heterocycles. The highest BCUT2D eigenvalue weighted by Crippen LogP contribution is 2.30. The fourth-order valence-corrected chi connectivity index (χ4v) is 2.50. The molecule has 1 heterocycles. The molecule has 0 aliphatic rings. The number of halogens is 3. The molecule has 0 amide bonds. The van der Waals surface area contributed by atoms with E-state index in [2.05, 4.69) is 10.4 Å². The van der Waals surface area contributed by atoms with E-state index in [1.54, 1.807) is 24.3 Å². The molecule has 0 saturated carbocycles. The monoisotopic (exact) mass is 384 g/mol. The molecular weight excluding hydrogens is 369 g/mol. The van der Waals surface area contributed by atoms with Crippen LogP contribution in [0.4, 0.5) is 18.9 Å². The topological polar surface area (TPSA) is 70.8 Å². The van der Waals surface area contributed by atoms with Crippen LogP contribution >= 0.6 is 0 Å². The average Bonchev–Trinajstić information content (AvgIpc) is 2.68. The number of benzene rings is 2. The predicted octanol–water partition coefficient (Wildman–Crippen LogP) is 4.35. The number of alkyl halides is 3. The minimum atomic E-state index is -4.49. The molecule has 0 unspecified atom stereocenters. The van der Waals surface area contributed by atoms with Crippen LogP contribution in [-0.4, -0.2) is 16.0 Å². The molecular formula is C20H15F3N4O. The van der Waals surface area contributed by atoms with E-state index in [4.69, 9.17) is 5.41 Å². The highest BCUT2D eigenvalue weighted by Gasteiger charge is 2.30. The van der Waals surface area contributed by atoms with Gasteiger partial charge in [-0.2, -0.15) is 18.3 Å². The summed E-state index contributed by atoms with van der Waals surface area (Å²) in [4.78, 5) is 12.3. The van der Waals surface area contributed by atoms with Crippen molar-refractivity contribution in [1.29, 1.82) is 5.41 Å². The highest BCUT2D eigenvalue weighted by molar-refractivity contribution is 5.86. The van der Waals surface area contributed by atoms with Crippen molar-refractivity contribution in [2.75, 3.05) is 5.32 Å². The lowest BCUT2D eigenvalue weighted by atomic mass is 10.2. The van der Waals surface area contributed by atoms with E-state index in [1.165, 1.54) is 35.2 Å². The lowest BCUT2D eigenvalue weighted by molar-refractivity contribution is -0.137. The summed E-state index contributed by atoms with van der Waals surface area (Å²) in [6.07, 6.45) is -0.842. The van der Waals surface area contributed by atoms with Gasteiger partial charge in [0.2, 0.25) is 5.43 Å². The molecule has 0 bridgehead atoms. The van der Waals surface area contributed by atoms with Crippen molar-refractivity contribution in [2.45, 2.75) is 6.18 Å². The maximum atomic E-state index is 13.0. The van der Waals surface area contributed by atoms with Crippen molar-refractivity contribution in [1.82, 2.24) is 9.78 Å². The van der Waals surface area contributed by atoms with Crippen LogP contribution in [0.1, 0.15) is 11.3 Å². The van der Waals surface area contributed by atoms with Crippen LogP contribution in [0.3, 0.4) is 0 Å². The van der Waals surface area contributed by atoms with Gasteiger partial charge in [0.1, 0.15) is 0 Å². The zero-order valence-corrected chi connectivity index (χ0v) is 14.4. The van der Waals surface area contributed by atoms with Gasteiger partial charge in [0.05, 0.1) is 16.9 Å². The minimum absolute atomic E-state index is 0.0211. The average molecular weight is 384 g/mol. The maximum Gasteiger partial charge on any atom is 0.416 e. The lowest BCUT2D eigenvalue weighted by Gasteiger charge is -2.13. The van der Waals surface area contributed by atoms with E-state index < -0.39 is 17.2 Å². The number of nitrogens with one attached hydrogen (secondary N) is 2. The number of anilines is 1. The van der Waals surface area contributed by atoms with Crippen molar-refractivity contribution in [3.63, 3.8) is 0 Å². The summed E-state index contributed by atoms with van der Waals surface area (Å²) < 4.78 is 40.1. The second-order valence-corrected chi connectivity index (χ2v) is 5.76. The van der Waals surface area contributed by atoms with E-state index in [0.717, 1.165) is 18.3 Å². The molecule has 142 valence electrons. The summed E-state index contributed by atoms with van der Waals surface area (Å²) in [6, 6.07) is 14.8. The van der Waals surface area contributed by atoms with Crippen molar-refractivity contribution in [2.24, 2.45) is 0 Å². The van der Waals surface area contributed by atoms with Crippen molar-refractivity contribution < 1.29 is 13.2 Å². The van der Waals surface area contributed by atoms with E-state index >= 15 is 0 Å². The molecule has 1 aromatic heterocycles. The first-order valence-electron chi connectivity index (χ1n) is 8.19. The van der Waals surface area contributed by atoms with Crippen molar-refractivity contribution in [3.05, 3.63) is 94.4 Å². The molecule has 2 N–H and O–H groups in total. The molecule has 3 rings (SSSR count). The molecule has 28 heavy (non-hydrogen) atoms. The predicted molar refractivity (Wildman–Crippen MR) is 102 cm³/mol. The van der Waals surface area contributed by atoms with Gasteiger partial charge < -0.3 is 10.7 Å². The van der Waals surface area contributed by atoms with Gasteiger partial charge in [0.15, 0.2) is 5.69 Å². The minimum Gasteiger partial charge on any atom is -0.354 e. The Morgan fingerprint density at radius 3 is 2.50 bits per heavy atom. The summed E-state index contributed by atoms with van der Waals surface area (Å²) in [5, 5.41) is 14.5. The Balaban J connectivity index is 2.04. The highest BCUT2D eigenvalue weighted by atomic mass is 19.4. The van der Waals surface area contributed by atoms with Crippen LogP contribution in [0.2, 0.25) is 0 Å². The molecule has 5 nitrogen and oxygen atoms in total. The molecule has 0 aliphatic heterocycles. The normalized spacial score (nSPS) is 11.9. The standard InChI is InChI=1S/C20H15F3N4O/c21-20(22,23)14-5-4-8-16(13-14)27-12-10-18(28)19(26-27)17(9-11-24)25-15-6-2-1-3-7-15/h1-13,24-25H/b17-9-,24-11?. The molecule has 0 aliphatic carbocycles.